The van der Waals surface area contributed by atoms with Crippen molar-refractivity contribution >= 4 is 23.5 Å². The SMILES string of the molecule is CCNC(=NCC(C)(C)c1cccc(Cl)c1)N1CCCC(CC(N)=O)C1. The standard InChI is InChI=1S/C20H31ClN4O/c1-4-23-19(25-10-6-7-15(13-25)11-18(22)26)24-14-20(2,3)16-8-5-9-17(21)12-16/h5,8-9,12,15H,4,6-7,10-11,13-14H2,1-3H3,(H2,22,26)(H,23,24). The highest BCUT2D eigenvalue weighted by molar-refractivity contribution is 6.30. The van der Waals surface area contributed by atoms with Crippen LogP contribution < -0.4 is 11.1 Å². The minimum absolute atomic E-state index is 0.117. The largest absolute Gasteiger partial charge is 0.370 e. The molecule has 3 N–H and O–H groups in total. The molecule has 1 amide bonds. The highest BCUT2D eigenvalue weighted by atomic mass is 35.5. The number of halogens is 1. The second kappa shape index (κ2) is 9.26. The topological polar surface area (TPSA) is 70.7 Å². The van der Waals surface area contributed by atoms with Crippen molar-refractivity contribution in [3.8, 4) is 0 Å². The molecule has 0 radical (unpaired) electrons. The van der Waals surface area contributed by atoms with Crippen molar-refractivity contribution in [1.29, 1.82) is 0 Å². The molecule has 1 atom stereocenters. The lowest BCUT2D eigenvalue weighted by atomic mass is 9.85. The van der Waals surface area contributed by atoms with Gasteiger partial charge in [-0.2, -0.15) is 0 Å². The smallest absolute Gasteiger partial charge is 0.217 e. The molecule has 1 saturated heterocycles. The summed E-state index contributed by atoms with van der Waals surface area (Å²) in [7, 11) is 0. The van der Waals surface area contributed by atoms with Crippen LogP contribution in [0.3, 0.4) is 0 Å². The van der Waals surface area contributed by atoms with Gasteiger partial charge >= 0.3 is 0 Å². The van der Waals surface area contributed by atoms with Crippen LogP contribution >= 0.6 is 11.6 Å². The summed E-state index contributed by atoms with van der Waals surface area (Å²) in [6.45, 7) is 9.68. The van der Waals surface area contributed by atoms with Crippen LogP contribution in [0.1, 0.15) is 45.6 Å². The number of carbonyl (C=O) groups excluding carboxylic acids is 1. The van der Waals surface area contributed by atoms with Gasteiger partial charge in [-0.1, -0.05) is 37.6 Å². The van der Waals surface area contributed by atoms with E-state index in [0.29, 0.717) is 18.9 Å². The molecule has 1 unspecified atom stereocenters. The molecule has 6 heteroatoms. The molecule has 2 rings (SSSR count). The second-order valence-corrected chi connectivity index (χ2v) is 8.13. The van der Waals surface area contributed by atoms with Crippen molar-refractivity contribution in [2.24, 2.45) is 16.6 Å². The van der Waals surface area contributed by atoms with Crippen molar-refractivity contribution < 1.29 is 4.79 Å². The number of rotatable bonds is 6. The molecule has 5 nitrogen and oxygen atoms in total. The van der Waals surface area contributed by atoms with Gasteiger partial charge in [0.15, 0.2) is 5.96 Å². The summed E-state index contributed by atoms with van der Waals surface area (Å²) in [5.41, 5.74) is 6.44. The first-order valence-electron chi connectivity index (χ1n) is 9.39. The predicted octanol–water partition coefficient (Wildman–Crippen LogP) is 3.17. The molecule has 0 bridgehead atoms. The molecule has 1 aliphatic rings. The number of hydrogen-bond donors (Lipinski definition) is 2. The zero-order chi connectivity index (χ0) is 19.2. The number of carbonyl (C=O) groups is 1. The molecule has 0 saturated carbocycles. The Morgan fingerprint density at radius 3 is 2.88 bits per heavy atom. The van der Waals surface area contributed by atoms with Crippen LogP contribution in [0.2, 0.25) is 5.02 Å². The van der Waals surface area contributed by atoms with E-state index in [1.54, 1.807) is 0 Å². The predicted molar refractivity (Wildman–Crippen MR) is 109 cm³/mol. The number of piperidine rings is 1. The Morgan fingerprint density at radius 2 is 2.23 bits per heavy atom. The van der Waals surface area contributed by atoms with Gasteiger partial charge < -0.3 is 16.0 Å². The summed E-state index contributed by atoms with van der Waals surface area (Å²) in [6, 6.07) is 7.97. The molecular weight excluding hydrogens is 348 g/mol. The zero-order valence-electron chi connectivity index (χ0n) is 16.1. The van der Waals surface area contributed by atoms with Crippen molar-refractivity contribution in [3.63, 3.8) is 0 Å². The van der Waals surface area contributed by atoms with Gasteiger partial charge in [-0.25, -0.2) is 0 Å². The van der Waals surface area contributed by atoms with Crippen LogP contribution in [-0.2, 0) is 10.2 Å². The normalized spacial score (nSPS) is 18.7. The summed E-state index contributed by atoms with van der Waals surface area (Å²) >= 11 is 6.15. The Kier molecular flexibility index (Phi) is 7.33. The average Bonchev–Trinajstić information content (AvgIpc) is 2.58. The molecule has 1 aromatic carbocycles. The van der Waals surface area contributed by atoms with Gasteiger partial charge in [-0.3, -0.25) is 9.79 Å². The first-order chi connectivity index (χ1) is 12.3. The summed E-state index contributed by atoms with van der Waals surface area (Å²) < 4.78 is 0. The molecule has 1 heterocycles. The quantitative estimate of drug-likeness (QED) is 0.590. The van der Waals surface area contributed by atoms with E-state index >= 15 is 0 Å². The van der Waals surface area contributed by atoms with Gasteiger partial charge in [-0.05, 0) is 43.4 Å². The second-order valence-electron chi connectivity index (χ2n) is 7.69. The third-order valence-corrected chi connectivity index (χ3v) is 5.11. The lowest BCUT2D eigenvalue weighted by molar-refractivity contribution is -0.119. The molecule has 1 fully saturated rings. The maximum atomic E-state index is 11.3. The number of hydrogen-bond acceptors (Lipinski definition) is 2. The Morgan fingerprint density at radius 1 is 1.46 bits per heavy atom. The number of nitrogens with zero attached hydrogens (tertiary/aromatic N) is 2. The molecule has 1 aliphatic heterocycles. The molecule has 144 valence electrons. The first kappa shape index (κ1) is 20.6. The van der Waals surface area contributed by atoms with E-state index in [1.807, 2.05) is 18.2 Å². The fraction of sp³-hybridized carbons (Fsp3) is 0.600. The minimum Gasteiger partial charge on any atom is -0.370 e. The third-order valence-electron chi connectivity index (χ3n) is 4.87. The van der Waals surface area contributed by atoms with Crippen LogP contribution in [0.15, 0.2) is 29.3 Å². The fourth-order valence-electron chi connectivity index (χ4n) is 3.41. The monoisotopic (exact) mass is 378 g/mol. The molecule has 0 spiro atoms. The summed E-state index contributed by atoms with van der Waals surface area (Å²) in [5, 5.41) is 4.14. The van der Waals surface area contributed by atoms with E-state index in [9.17, 15) is 4.79 Å². The number of nitrogens with one attached hydrogen (secondary N) is 1. The Hall–Kier alpha value is -1.75. The lowest BCUT2D eigenvalue weighted by Gasteiger charge is -2.35. The van der Waals surface area contributed by atoms with E-state index in [-0.39, 0.29) is 11.3 Å². The van der Waals surface area contributed by atoms with Crippen LogP contribution in [-0.4, -0.2) is 42.9 Å². The van der Waals surface area contributed by atoms with Gasteiger partial charge in [0.2, 0.25) is 5.91 Å². The Bertz CT molecular complexity index is 644. The number of amides is 1. The van der Waals surface area contributed by atoms with Crippen molar-refractivity contribution in [1.82, 2.24) is 10.2 Å². The maximum Gasteiger partial charge on any atom is 0.217 e. The van der Waals surface area contributed by atoms with Gasteiger partial charge in [0.1, 0.15) is 0 Å². The van der Waals surface area contributed by atoms with Gasteiger partial charge in [-0.15, -0.1) is 0 Å². The third kappa shape index (κ3) is 5.90. The molecule has 0 aliphatic carbocycles. The molecule has 1 aromatic rings. The minimum atomic E-state index is -0.221. The zero-order valence-corrected chi connectivity index (χ0v) is 16.9. The average molecular weight is 379 g/mol. The van der Waals surface area contributed by atoms with Gasteiger partial charge in [0.25, 0.3) is 0 Å². The van der Waals surface area contributed by atoms with Gasteiger partial charge in [0.05, 0.1) is 6.54 Å². The lowest BCUT2D eigenvalue weighted by Crippen LogP contribution is -2.47. The fourth-order valence-corrected chi connectivity index (χ4v) is 3.60. The summed E-state index contributed by atoms with van der Waals surface area (Å²) in [5.74, 6) is 1.00. The number of likely N-dealkylation sites (tertiary alicyclic amines) is 1. The van der Waals surface area contributed by atoms with Crippen LogP contribution in [0.5, 0.6) is 0 Å². The van der Waals surface area contributed by atoms with Gasteiger partial charge in [0, 0.05) is 36.5 Å². The number of benzene rings is 1. The summed E-state index contributed by atoms with van der Waals surface area (Å²) in [4.78, 5) is 18.4. The van der Waals surface area contributed by atoms with Crippen LogP contribution in [0, 0.1) is 5.92 Å². The number of primary amides is 1. The van der Waals surface area contributed by atoms with E-state index in [0.717, 1.165) is 43.5 Å². The van der Waals surface area contributed by atoms with Crippen molar-refractivity contribution in [2.45, 2.75) is 45.4 Å². The first-order valence-corrected chi connectivity index (χ1v) is 9.77. The maximum absolute atomic E-state index is 11.3. The Labute approximate surface area is 162 Å². The Balaban J connectivity index is 2.11. The van der Waals surface area contributed by atoms with E-state index in [2.05, 4.69) is 37.1 Å². The number of nitrogens with two attached hydrogens (primary N) is 1. The van der Waals surface area contributed by atoms with E-state index < -0.39 is 0 Å². The number of guanidine groups is 1. The van der Waals surface area contributed by atoms with E-state index in [4.69, 9.17) is 22.3 Å². The molecule has 0 aromatic heterocycles. The highest BCUT2D eigenvalue weighted by Gasteiger charge is 2.25. The molecular formula is C20H31ClN4O. The van der Waals surface area contributed by atoms with Crippen molar-refractivity contribution in [3.05, 3.63) is 34.9 Å². The highest BCUT2D eigenvalue weighted by Crippen LogP contribution is 2.26. The molecule has 26 heavy (non-hydrogen) atoms. The van der Waals surface area contributed by atoms with Crippen LogP contribution in [0.25, 0.3) is 0 Å². The van der Waals surface area contributed by atoms with E-state index in [1.165, 1.54) is 5.56 Å². The van der Waals surface area contributed by atoms with Crippen molar-refractivity contribution in [2.75, 3.05) is 26.2 Å². The van der Waals surface area contributed by atoms with Crippen LogP contribution in [0.4, 0.5) is 0 Å². The summed E-state index contributed by atoms with van der Waals surface area (Å²) in [6.07, 6.45) is 2.55. The number of aliphatic imine (C=N–C) groups is 1.